The van der Waals surface area contributed by atoms with Gasteiger partial charge in [0.1, 0.15) is 28.8 Å². The number of aromatic hydroxyl groups is 1. The monoisotopic (exact) mass is 1190 g/mol. The first-order chi connectivity index (χ1) is 36.9. The topological polar surface area (TPSA) is 181 Å². The zero-order chi connectivity index (χ0) is 54.4. The lowest BCUT2D eigenvalue weighted by atomic mass is 9.80. The van der Waals surface area contributed by atoms with Crippen LogP contribution < -0.4 is 15.8 Å². The molecule has 0 radical (unpaired) electrons. The first-order valence-electron chi connectivity index (χ1n) is 24.4. The van der Waals surface area contributed by atoms with Crippen molar-refractivity contribution in [1.29, 1.82) is 0 Å². The van der Waals surface area contributed by atoms with Crippen molar-refractivity contribution >= 4 is 84.4 Å². The van der Waals surface area contributed by atoms with Gasteiger partial charge in [0.25, 0.3) is 5.56 Å². The molecule has 0 aliphatic rings. The van der Waals surface area contributed by atoms with Crippen molar-refractivity contribution < 1.29 is 33.1 Å². The van der Waals surface area contributed by atoms with Crippen LogP contribution in [0.4, 0.5) is 0 Å². The number of hydrogen-bond acceptors (Lipinski definition) is 11. The summed E-state index contributed by atoms with van der Waals surface area (Å²) < 4.78 is 23.6. The number of benzene rings is 4. The first-order valence-corrected chi connectivity index (χ1v) is 26.3. The second kappa shape index (κ2) is 29.4. The number of nitrogens with zero attached hydrogens (tertiary/aromatic N) is 3. The van der Waals surface area contributed by atoms with Gasteiger partial charge in [0.15, 0.2) is 0 Å². The van der Waals surface area contributed by atoms with E-state index in [4.69, 9.17) is 34.5 Å². The highest BCUT2D eigenvalue weighted by atomic mass is 127. The zero-order valence-corrected chi connectivity index (χ0v) is 46.5. The van der Waals surface area contributed by atoms with Crippen LogP contribution >= 0.6 is 38.5 Å². The van der Waals surface area contributed by atoms with Crippen molar-refractivity contribution in [2.45, 2.75) is 53.4 Å². The minimum atomic E-state index is -1.42. The molecule has 11 aromatic rings. The second-order valence-corrected chi connectivity index (χ2v) is 18.3. The molecule has 7 aromatic heterocycles. The van der Waals surface area contributed by atoms with Crippen molar-refractivity contribution in [2.24, 2.45) is 0 Å². The van der Waals surface area contributed by atoms with Gasteiger partial charge in [-0.15, -0.1) is 12.3 Å². The standard InChI is InChI=1S/C21H17NO2.C13H13BO3.C9H8BrNO.C9H9NO.C5H4INO.C4H6/c1-2-19-20(18-4-3-13-22-21(18)24-19)16-7-5-14(6-8-16)15-9-11-17(23)12-10-15;1-17-13-8-4-11(5-9-13)10-2-6-12(7-3-10)14(15)16;1-2-7-8(10)6-4-3-5-11-9(6)12-7;1-2-8-6-7-4-3-5-10-9(7)11-8;6-4-2-1-3-7-5(4)8;1-3-4-2/h3-13,23H,2H2,1H3;2-9,15-16H,1H3;3-5H,2H2,1H3;3-6H,2H2,1H3;1-3H,(H,7,8);1H,4H2,2H3. The molecule has 12 nitrogen and oxygen atoms in total. The summed E-state index contributed by atoms with van der Waals surface area (Å²) in [4.78, 5) is 25.6. The molecule has 7 heterocycles. The number of nitrogens with one attached hydrogen (secondary N) is 1. The highest BCUT2D eigenvalue weighted by Gasteiger charge is 2.16. The Kier molecular flexibility index (Phi) is 22.2. The number of fused-ring (bicyclic) bond motifs is 3. The largest absolute Gasteiger partial charge is 0.508 e. The lowest BCUT2D eigenvalue weighted by Gasteiger charge is -2.05. The molecule has 11 rings (SSSR count). The zero-order valence-electron chi connectivity index (χ0n) is 42.7. The molecule has 0 atom stereocenters. The minimum Gasteiger partial charge on any atom is -0.508 e. The second-order valence-electron chi connectivity index (χ2n) is 16.4. The van der Waals surface area contributed by atoms with Crippen LogP contribution in [0, 0.1) is 15.9 Å². The van der Waals surface area contributed by atoms with Crippen LogP contribution in [0.25, 0.3) is 66.7 Å². The first kappa shape index (κ1) is 57.5. The number of hydrogen-bond donors (Lipinski definition) is 4. The third-order valence-corrected chi connectivity index (χ3v) is 13.0. The third-order valence-electron chi connectivity index (χ3n) is 11.3. The summed E-state index contributed by atoms with van der Waals surface area (Å²) in [7, 11) is 0.215. The average Bonchev–Trinajstić information content (AvgIpc) is 4.18. The van der Waals surface area contributed by atoms with Gasteiger partial charge in [-0.25, -0.2) is 15.0 Å². The summed E-state index contributed by atoms with van der Waals surface area (Å²) in [5, 5.41) is 30.6. The molecule has 0 unspecified atom stereocenters. The Morgan fingerprint density at radius 2 is 1.14 bits per heavy atom. The maximum Gasteiger partial charge on any atom is 0.488 e. The molecule has 0 spiro atoms. The van der Waals surface area contributed by atoms with Crippen molar-refractivity contribution in [2.75, 3.05) is 7.11 Å². The molecule has 15 heteroatoms. The van der Waals surface area contributed by atoms with Gasteiger partial charge in [0.2, 0.25) is 17.1 Å². The normalized spacial score (nSPS) is 10.2. The molecule has 76 heavy (non-hydrogen) atoms. The van der Waals surface area contributed by atoms with Gasteiger partial charge < -0.3 is 38.1 Å². The van der Waals surface area contributed by atoms with Crippen LogP contribution in [0.15, 0.2) is 199 Å². The molecule has 4 N–H and O–H groups in total. The Bertz CT molecular complexity index is 3590. The number of halogens is 2. The number of furan rings is 3. The number of aryl methyl sites for hydroxylation is 3. The fraction of sp³-hybridized carbons (Fsp3) is 0.148. The van der Waals surface area contributed by atoms with Gasteiger partial charge >= 0.3 is 7.12 Å². The lowest BCUT2D eigenvalue weighted by molar-refractivity contribution is 0.415. The van der Waals surface area contributed by atoms with E-state index in [2.05, 4.69) is 86.8 Å². The molecule has 0 fully saturated rings. The Hall–Kier alpha value is -7.75. The van der Waals surface area contributed by atoms with Crippen LogP contribution in [0.2, 0.25) is 0 Å². The molecule has 0 saturated carbocycles. The van der Waals surface area contributed by atoms with E-state index < -0.39 is 7.12 Å². The molecule has 0 saturated heterocycles. The number of rotatable bonds is 8. The highest BCUT2D eigenvalue weighted by molar-refractivity contribution is 14.1. The Balaban J connectivity index is 0.000000159. The number of terminal acetylenes is 1. The summed E-state index contributed by atoms with van der Waals surface area (Å²) in [6, 6.07) is 47.9. The van der Waals surface area contributed by atoms with Gasteiger partial charge in [-0.1, -0.05) is 100 Å². The number of aromatic nitrogens is 4. The number of methoxy groups -OCH3 is 1. The number of phenols is 1. The summed E-state index contributed by atoms with van der Waals surface area (Å²) in [5.74, 6) is 6.44. The van der Waals surface area contributed by atoms with E-state index in [1.165, 1.54) is 0 Å². The summed E-state index contributed by atoms with van der Waals surface area (Å²) in [5.41, 5.74) is 9.13. The van der Waals surface area contributed by atoms with Gasteiger partial charge in [-0.2, -0.15) is 0 Å². The molecule has 0 aliphatic carbocycles. The third kappa shape index (κ3) is 15.9. The molecule has 386 valence electrons. The molecule has 4 aromatic carbocycles. The Morgan fingerprint density at radius 3 is 1.63 bits per heavy atom. The number of H-pyrrole nitrogens is 1. The summed E-state index contributed by atoms with van der Waals surface area (Å²) in [6.07, 6.45) is 15.1. The van der Waals surface area contributed by atoms with E-state index in [1.54, 1.807) is 68.3 Å². The van der Waals surface area contributed by atoms with Gasteiger partial charge in [0, 0.05) is 66.8 Å². The summed E-state index contributed by atoms with van der Waals surface area (Å²) >= 11 is 5.46. The van der Waals surface area contributed by atoms with E-state index in [0.717, 1.165) is 112 Å². The number of phenolic OH excluding ortho intramolecular Hbond substituents is 1. The van der Waals surface area contributed by atoms with Gasteiger partial charge in [-0.05, 0) is 151 Å². The Morgan fingerprint density at radius 1 is 0.645 bits per heavy atom. The Labute approximate surface area is 464 Å². The predicted molar refractivity (Wildman–Crippen MR) is 318 cm³/mol. The number of ether oxygens (including phenoxy) is 1. The van der Waals surface area contributed by atoms with Crippen molar-refractivity contribution in [3.05, 3.63) is 212 Å². The predicted octanol–water partition coefficient (Wildman–Crippen LogP) is 14.0. The number of pyridine rings is 4. The average molecular weight is 1190 g/mol. The van der Waals surface area contributed by atoms with Crippen LogP contribution in [0.3, 0.4) is 0 Å². The molecule has 0 bridgehead atoms. The maximum absolute atomic E-state index is 10.6. The van der Waals surface area contributed by atoms with Crippen molar-refractivity contribution in [3.63, 3.8) is 0 Å². The van der Waals surface area contributed by atoms with E-state index in [-0.39, 0.29) is 11.3 Å². The van der Waals surface area contributed by atoms with E-state index >= 15 is 0 Å². The van der Waals surface area contributed by atoms with Gasteiger partial charge in [-0.3, -0.25) is 4.79 Å². The fourth-order valence-electron chi connectivity index (χ4n) is 7.34. The van der Waals surface area contributed by atoms with Crippen LogP contribution in [0.1, 0.15) is 51.4 Å². The SMILES string of the molecule is C#CCC.CCc1cc2cccnc2o1.CCc1oc2ncccc2c1-c1ccc(-c2ccc(O)cc2)cc1.CCc1oc2ncccc2c1Br.COc1ccc(-c2ccc(B(O)O)cc2)cc1.O=c1[nH]cccc1I. The van der Waals surface area contributed by atoms with Crippen molar-refractivity contribution in [1.82, 2.24) is 19.9 Å². The van der Waals surface area contributed by atoms with E-state index in [9.17, 15) is 9.90 Å². The summed E-state index contributed by atoms with van der Waals surface area (Å²) in [6.45, 7) is 8.16. The smallest absolute Gasteiger partial charge is 0.488 e. The minimum absolute atomic E-state index is 0.0203. The molecular weight excluding hydrogens is 1130 g/mol. The van der Waals surface area contributed by atoms with Crippen LogP contribution in [0.5, 0.6) is 11.5 Å². The van der Waals surface area contributed by atoms with Crippen LogP contribution in [-0.2, 0) is 19.3 Å². The van der Waals surface area contributed by atoms with E-state index in [1.807, 2.05) is 121 Å². The lowest BCUT2D eigenvalue weighted by Crippen LogP contribution is -2.29. The molecule has 0 amide bonds. The maximum atomic E-state index is 10.6. The molecular formula is C61H57BBrIN4O8. The molecule has 0 aliphatic heterocycles. The quantitative estimate of drug-likeness (QED) is 0.0646. The van der Waals surface area contributed by atoms with Gasteiger partial charge in [0.05, 0.1) is 20.5 Å². The van der Waals surface area contributed by atoms with Crippen LogP contribution in [-0.4, -0.2) is 49.3 Å². The number of aromatic amines is 1. The highest BCUT2D eigenvalue weighted by Crippen LogP contribution is 2.36. The van der Waals surface area contributed by atoms with E-state index in [0.29, 0.717) is 16.9 Å². The van der Waals surface area contributed by atoms with Crippen molar-refractivity contribution in [3.8, 4) is 57.2 Å². The fourth-order valence-corrected chi connectivity index (χ4v) is 8.37.